The number of alkyl halides is 2. The van der Waals surface area contributed by atoms with Crippen LogP contribution in [0.2, 0.25) is 0 Å². The summed E-state index contributed by atoms with van der Waals surface area (Å²) >= 11 is 12.9. The molecule has 4 aromatic carbocycles. The van der Waals surface area contributed by atoms with Gasteiger partial charge in [-0.25, -0.2) is 0 Å². The highest BCUT2D eigenvalue weighted by molar-refractivity contribution is 6.18. The van der Waals surface area contributed by atoms with Gasteiger partial charge in [0.1, 0.15) is 11.9 Å². The molecule has 0 atom stereocenters. The van der Waals surface area contributed by atoms with Gasteiger partial charge >= 0.3 is 0 Å². The van der Waals surface area contributed by atoms with E-state index < -0.39 is 0 Å². The van der Waals surface area contributed by atoms with Gasteiger partial charge in [-0.2, -0.15) is 0 Å². The normalized spacial score (nSPS) is 10.4. The van der Waals surface area contributed by atoms with Crippen LogP contribution in [0.3, 0.4) is 0 Å². The fourth-order valence-corrected chi connectivity index (χ4v) is 4.59. The number of rotatable bonds is 5. The Balaban J connectivity index is 1.94. The first-order chi connectivity index (χ1) is 16.1. The van der Waals surface area contributed by atoms with Crippen LogP contribution in [0.1, 0.15) is 22.3 Å². The van der Waals surface area contributed by atoms with Crippen LogP contribution < -0.4 is 4.74 Å². The SMILES string of the molecule is C#CC#COc1ccc(-c2cc(CCl)c(-c3cc(C)ccc3C)cc2CCl)c2ccccc12. The van der Waals surface area contributed by atoms with Crippen molar-refractivity contribution in [3.05, 3.63) is 89.0 Å². The highest BCUT2D eigenvalue weighted by Crippen LogP contribution is 2.40. The zero-order chi connectivity index (χ0) is 23.4. The first kappa shape index (κ1) is 22.8. The number of halogens is 2. The Kier molecular flexibility index (Phi) is 6.96. The summed E-state index contributed by atoms with van der Waals surface area (Å²) in [4.78, 5) is 0. The highest BCUT2D eigenvalue weighted by Gasteiger charge is 2.16. The number of terminal acetylenes is 1. The van der Waals surface area contributed by atoms with Gasteiger partial charge in [0.15, 0.2) is 0 Å². The second kappa shape index (κ2) is 10.1. The molecule has 0 radical (unpaired) electrons. The molecule has 0 aliphatic heterocycles. The molecule has 0 aliphatic rings. The van der Waals surface area contributed by atoms with Crippen LogP contribution in [-0.2, 0) is 11.8 Å². The van der Waals surface area contributed by atoms with Crippen molar-refractivity contribution < 1.29 is 4.74 Å². The Morgan fingerprint density at radius 2 is 1.42 bits per heavy atom. The molecule has 0 saturated heterocycles. The minimum Gasteiger partial charge on any atom is -0.406 e. The molecular formula is C30H22Cl2O. The second-order valence-electron chi connectivity index (χ2n) is 7.88. The quantitative estimate of drug-likeness (QED) is 0.211. The standard InChI is InChI=1S/C30H22Cl2O/c1-4-5-14-33-30-13-12-25(24-8-6-7-9-26(24)30)28-16-23(19-32)29(17-22(28)18-31)27-15-20(2)10-11-21(27)3/h1,6-13,15-17H,18-19H2,2-3H3. The molecule has 1 nitrogen and oxygen atoms in total. The van der Waals surface area contributed by atoms with Gasteiger partial charge in [0.2, 0.25) is 0 Å². The van der Waals surface area contributed by atoms with Crippen LogP contribution in [0.15, 0.2) is 66.7 Å². The van der Waals surface area contributed by atoms with Crippen LogP contribution in [0.25, 0.3) is 33.0 Å². The Hall–Kier alpha value is -3.36. The maximum Gasteiger partial charge on any atom is 0.148 e. The summed E-state index contributed by atoms with van der Waals surface area (Å²) in [5, 5.41) is 2.00. The smallest absolute Gasteiger partial charge is 0.148 e. The van der Waals surface area contributed by atoms with Gasteiger partial charge in [0, 0.05) is 23.1 Å². The number of ether oxygens (including phenoxy) is 1. The number of fused-ring (bicyclic) bond motifs is 1. The lowest BCUT2D eigenvalue weighted by atomic mass is 9.88. The first-order valence-corrected chi connectivity index (χ1v) is 11.6. The summed E-state index contributed by atoms with van der Waals surface area (Å²) in [6.45, 7) is 4.22. The lowest BCUT2D eigenvalue weighted by Crippen LogP contribution is -1.97. The van der Waals surface area contributed by atoms with Crippen LogP contribution in [-0.4, -0.2) is 0 Å². The number of benzene rings is 4. The van der Waals surface area contributed by atoms with Crippen molar-refractivity contribution in [2.75, 3.05) is 0 Å². The molecule has 0 aliphatic carbocycles. The van der Waals surface area contributed by atoms with Crippen LogP contribution >= 0.6 is 23.2 Å². The van der Waals surface area contributed by atoms with Crippen LogP contribution in [0.5, 0.6) is 5.75 Å². The molecule has 0 N–H and O–H groups in total. The summed E-state index contributed by atoms with van der Waals surface area (Å²) in [5.74, 6) is 6.21. The van der Waals surface area contributed by atoms with Gasteiger partial charge in [-0.05, 0) is 88.4 Å². The van der Waals surface area contributed by atoms with Gasteiger partial charge in [0.25, 0.3) is 0 Å². The van der Waals surface area contributed by atoms with Crippen LogP contribution in [0, 0.1) is 38.2 Å². The largest absolute Gasteiger partial charge is 0.406 e. The Labute approximate surface area is 205 Å². The number of aryl methyl sites for hydroxylation is 2. The lowest BCUT2D eigenvalue weighted by molar-refractivity contribution is 0.526. The predicted octanol–water partition coefficient (Wildman–Crippen LogP) is 8.24. The van der Waals surface area contributed by atoms with E-state index in [9.17, 15) is 0 Å². The van der Waals surface area contributed by atoms with E-state index in [1.54, 1.807) is 0 Å². The van der Waals surface area contributed by atoms with Crippen molar-refractivity contribution in [1.82, 2.24) is 0 Å². The number of hydrogen-bond acceptors (Lipinski definition) is 1. The Morgan fingerprint density at radius 3 is 2.09 bits per heavy atom. The minimum atomic E-state index is 0.385. The van der Waals surface area contributed by atoms with Gasteiger partial charge in [-0.15, -0.1) is 29.6 Å². The average molecular weight is 469 g/mol. The molecule has 4 aromatic rings. The molecule has 0 spiro atoms. The summed E-state index contributed by atoms with van der Waals surface area (Å²) in [7, 11) is 0. The third-order valence-electron chi connectivity index (χ3n) is 5.76. The van der Waals surface area contributed by atoms with Crippen molar-refractivity contribution in [2.45, 2.75) is 25.6 Å². The Bertz CT molecular complexity index is 1450. The highest BCUT2D eigenvalue weighted by atomic mass is 35.5. The Morgan fingerprint density at radius 1 is 0.758 bits per heavy atom. The minimum absolute atomic E-state index is 0.385. The molecule has 0 saturated carbocycles. The fraction of sp³-hybridized carbons (Fsp3) is 0.133. The maximum absolute atomic E-state index is 6.48. The molecule has 162 valence electrons. The molecule has 0 unspecified atom stereocenters. The number of hydrogen-bond donors (Lipinski definition) is 0. The van der Waals surface area contributed by atoms with Gasteiger partial charge in [-0.3, -0.25) is 0 Å². The third kappa shape index (κ3) is 4.58. The van der Waals surface area contributed by atoms with E-state index in [1.165, 1.54) is 16.7 Å². The van der Waals surface area contributed by atoms with E-state index >= 15 is 0 Å². The third-order valence-corrected chi connectivity index (χ3v) is 6.33. The average Bonchev–Trinajstić information content (AvgIpc) is 2.85. The molecule has 4 rings (SSSR count). The molecule has 3 heteroatoms. The molecule has 0 amide bonds. The predicted molar refractivity (Wildman–Crippen MR) is 141 cm³/mol. The topological polar surface area (TPSA) is 9.23 Å². The monoisotopic (exact) mass is 468 g/mol. The van der Waals surface area contributed by atoms with Gasteiger partial charge in [-0.1, -0.05) is 48.0 Å². The molecule has 0 bridgehead atoms. The van der Waals surface area contributed by atoms with E-state index in [0.29, 0.717) is 17.5 Å². The summed E-state index contributed by atoms with van der Waals surface area (Å²) in [6.07, 6.45) is 7.76. The molecule has 0 aromatic heterocycles. The van der Waals surface area contributed by atoms with E-state index in [2.05, 4.69) is 68.2 Å². The van der Waals surface area contributed by atoms with Gasteiger partial charge < -0.3 is 4.74 Å². The van der Waals surface area contributed by atoms with Crippen LogP contribution in [0.4, 0.5) is 0 Å². The van der Waals surface area contributed by atoms with Crippen molar-refractivity contribution >= 4 is 34.0 Å². The second-order valence-corrected chi connectivity index (χ2v) is 8.42. The van der Waals surface area contributed by atoms with Crippen molar-refractivity contribution in [3.63, 3.8) is 0 Å². The first-order valence-electron chi connectivity index (χ1n) is 10.6. The lowest BCUT2D eigenvalue weighted by Gasteiger charge is -2.18. The summed E-state index contributed by atoms with van der Waals surface area (Å²) < 4.78 is 5.60. The molecular weight excluding hydrogens is 447 g/mol. The van der Waals surface area contributed by atoms with E-state index in [0.717, 1.165) is 38.6 Å². The molecule has 0 heterocycles. The zero-order valence-electron chi connectivity index (χ0n) is 18.5. The summed E-state index contributed by atoms with van der Waals surface area (Å²) in [6, 6.07) is 22.9. The molecule has 0 fully saturated rings. The van der Waals surface area contributed by atoms with Crippen molar-refractivity contribution in [2.24, 2.45) is 0 Å². The van der Waals surface area contributed by atoms with E-state index in [-0.39, 0.29) is 0 Å². The van der Waals surface area contributed by atoms with E-state index in [4.69, 9.17) is 34.4 Å². The summed E-state index contributed by atoms with van der Waals surface area (Å²) in [5.41, 5.74) is 8.97. The van der Waals surface area contributed by atoms with Gasteiger partial charge in [0.05, 0.1) is 0 Å². The molecule has 33 heavy (non-hydrogen) atoms. The maximum atomic E-state index is 6.48. The zero-order valence-corrected chi connectivity index (χ0v) is 20.0. The fourth-order valence-electron chi connectivity index (χ4n) is 4.14. The van der Waals surface area contributed by atoms with Crippen molar-refractivity contribution in [1.29, 1.82) is 0 Å². The van der Waals surface area contributed by atoms with Crippen molar-refractivity contribution in [3.8, 4) is 52.4 Å². The van der Waals surface area contributed by atoms with E-state index in [1.807, 2.05) is 30.3 Å².